The van der Waals surface area contributed by atoms with Gasteiger partial charge in [-0.3, -0.25) is 4.90 Å². The van der Waals surface area contributed by atoms with Crippen LogP contribution in [0.4, 0.5) is 0 Å². The van der Waals surface area contributed by atoms with Crippen molar-refractivity contribution in [3.05, 3.63) is 71.3 Å². The van der Waals surface area contributed by atoms with Crippen molar-refractivity contribution in [1.82, 2.24) is 10.2 Å². The lowest BCUT2D eigenvalue weighted by atomic mass is 10.0. The predicted molar refractivity (Wildman–Crippen MR) is 121 cm³/mol. The molecule has 0 unspecified atom stereocenters. The molecule has 0 spiro atoms. The fraction of sp³-hybridized carbons (Fsp3) is 0.417. The Labute approximate surface area is 180 Å². The molecule has 2 fully saturated rings. The molecule has 0 radical (unpaired) electrons. The summed E-state index contributed by atoms with van der Waals surface area (Å²) in [6.45, 7) is 5.22. The first kappa shape index (κ1) is 21.2. The van der Waals surface area contributed by atoms with E-state index in [1.165, 1.54) is 17.6 Å². The van der Waals surface area contributed by atoms with Crippen molar-refractivity contribution in [2.45, 2.75) is 49.7 Å². The van der Waals surface area contributed by atoms with Gasteiger partial charge in [0.15, 0.2) is 0 Å². The second-order valence-corrected chi connectivity index (χ2v) is 10.2. The number of nitrogens with one attached hydrogen (secondary N) is 1. The van der Waals surface area contributed by atoms with Crippen LogP contribution in [0.1, 0.15) is 37.3 Å². The van der Waals surface area contributed by atoms with Gasteiger partial charge in [0, 0.05) is 18.6 Å². The fourth-order valence-electron chi connectivity index (χ4n) is 4.40. The highest BCUT2D eigenvalue weighted by atomic mass is 32.2. The highest BCUT2D eigenvalue weighted by Crippen LogP contribution is 2.38. The Balaban J connectivity index is 1.21. The van der Waals surface area contributed by atoms with Crippen LogP contribution in [0.5, 0.6) is 0 Å². The summed E-state index contributed by atoms with van der Waals surface area (Å²) in [4.78, 5) is 2.61. The summed E-state index contributed by atoms with van der Waals surface area (Å²) < 4.78 is 22.8. The number of nitrogens with zero attached hydrogens (tertiary/aromatic N) is 1. The van der Waals surface area contributed by atoms with E-state index in [9.17, 15) is 8.42 Å². The summed E-state index contributed by atoms with van der Waals surface area (Å²) >= 11 is 0. The normalized spacial score (nSPS) is 23.5. The molecule has 4 rings (SSSR count). The van der Waals surface area contributed by atoms with Gasteiger partial charge < -0.3 is 5.32 Å². The summed E-state index contributed by atoms with van der Waals surface area (Å²) in [5.74, 6) is 0.667. The predicted octanol–water partition coefficient (Wildman–Crippen LogP) is 3.38. The van der Waals surface area contributed by atoms with Crippen molar-refractivity contribution in [1.29, 1.82) is 0 Å². The average molecular weight is 426 g/mol. The zero-order chi connectivity index (χ0) is 21.1. The monoisotopic (exact) mass is 425 g/mol. The Bertz CT molecular complexity index is 979. The van der Waals surface area contributed by atoms with Gasteiger partial charge in [-0.1, -0.05) is 54.1 Å². The molecule has 1 saturated heterocycles. The first-order valence-electron chi connectivity index (χ1n) is 10.7. The lowest BCUT2D eigenvalue weighted by molar-refractivity contribution is 0.189. The number of benzene rings is 2. The Morgan fingerprint density at radius 1 is 1.10 bits per heavy atom. The van der Waals surface area contributed by atoms with Crippen LogP contribution in [0.2, 0.25) is 0 Å². The largest absolute Gasteiger partial charge is 0.311 e. The van der Waals surface area contributed by atoms with Gasteiger partial charge in [0.05, 0.1) is 4.90 Å². The number of piperidine rings is 1. The molecule has 1 heterocycles. The molecule has 2 aromatic carbocycles. The molecule has 160 valence electrons. The molecular weight excluding hydrogens is 394 g/mol. The summed E-state index contributed by atoms with van der Waals surface area (Å²) in [6, 6.07) is 18.7. The van der Waals surface area contributed by atoms with E-state index in [4.69, 9.17) is 5.14 Å². The molecule has 1 saturated carbocycles. The maximum absolute atomic E-state index is 11.4. The third-order valence-corrected chi connectivity index (χ3v) is 7.19. The van der Waals surface area contributed by atoms with Gasteiger partial charge in [-0.2, -0.15) is 0 Å². The van der Waals surface area contributed by atoms with Crippen LogP contribution in [0.3, 0.4) is 0 Å². The number of hydrogen-bond acceptors (Lipinski definition) is 4. The molecular formula is C24H31N3O2S. The fourth-order valence-corrected chi connectivity index (χ4v) is 4.92. The van der Waals surface area contributed by atoms with Crippen LogP contribution in [0.25, 0.3) is 6.08 Å². The molecule has 30 heavy (non-hydrogen) atoms. The van der Waals surface area contributed by atoms with Crippen molar-refractivity contribution in [3.63, 3.8) is 0 Å². The van der Waals surface area contributed by atoms with E-state index in [-0.39, 0.29) is 4.90 Å². The molecule has 2 aliphatic rings. The topological polar surface area (TPSA) is 75.4 Å². The number of likely N-dealkylation sites (tertiary alicyclic amines) is 1. The van der Waals surface area contributed by atoms with Gasteiger partial charge in [-0.25, -0.2) is 13.6 Å². The van der Waals surface area contributed by atoms with E-state index in [0.717, 1.165) is 38.0 Å². The van der Waals surface area contributed by atoms with Crippen LogP contribution in [0, 0.1) is 5.92 Å². The minimum Gasteiger partial charge on any atom is -0.311 e. The lowest BCUT2D eigenvalue weighted by Crippen LogP contribution is -2.43. The van der Waals surface area contributed by atoms with Crippen molar-refractivity contribution >= 4 is 16.1 Å². The molecule has 6 heteroatoms. The lowest BCUT2D eigenvalue weighted by Gasteiger charge is -2.32. The average Bonchev–Trinajstić information content (AvgIpc) is 3.49. The number of nitrogens with two attached hydrogens (primary N) is 1. The smallest absolute Gasteiger partial charge is 0.238 e. The summed E-state index contributed by atoms with van der Waals surface area (Å²) in [5.41, 5.74) is 3.88. The molecule has 0 amide bonds. The maximum Gasteiger partial charge on any atom is 0.238 e. The zero-order valence-electron chi connectivity index (χ0n) is 17.5. The molecule has 3 N–H and O–H groups in total. The van der Waals surface area contributed by atoms with Crippen molar-refractivity contribution < 1.29 is 8.42 Å². The second kappa shape index (κ2) is 9.02. The van der Waals surface area contributed by atoms with Crippen LogP contribution in [-0.4, -0.2) is 38.5 Å². The number of hydrogen-bond donors (Lipinski definition) is 2. The summed E-state index contributed by atoms with van der Waals surface area (Å²) in [5, 5.41) is 9.04. The van der Waals surface area contributed by atoms with Gasteiger partial charge in [-0.05, 0) is 68.5 Å². The van der Waals surface area contributed by atoms with Gasteiger partial charge in [0.1, 0.15) is 0 Å². The first-order chi connectivity index (χ1) is 14.4. The number of sulfonamides is 1. The molecule has 0 bridgehead atoms. The van der Waals surface area contributed by atoms with Gasteiger partial charge in [0.2, 0.25) is 10.0 Å². The van der Waals surface area contributed by atoms with Crippen LogP contribution >= 0.6 is 0 Å². The number of primary sulfonamides is 1. The second-order valence-electron chi connectivity index (χ2n) is 8.65. The van der Waals surface area contributed by atoms with E-state index < -0.39 is 10.0 Å². The van der Waals surface area contributed by atoms with E-state index in [0.29, 0.717) is 18.0 Å². The van der Waals surface area contributed by atoms with E-state index >= 15 is 0 Å². The van der Waals surface area contributed by atoms with Crippen molar-refractivity contribution in [2.75, 3.05) is 13.1 Å². The van der Waals surface area contributed by atoms with Crippen LogP contribution < -0.4 is 10.5 Å². The van der Waals surface area contributed by atoms with E-state index in [1.807, 2.05) is 12.1 Å². The zero-order valence-corrected chi connectivity index (χ0v) is 18.3. The molecule has 2 atom stereocenters. The maximum atomic E-state index is 11.4. The molecule has 2 aromatic rings. The third-order valence-electron chi connectivity index (χ3n) is 6.26. The van der Waals surface area contributed by atoms with E-state index in [2.05, 4.69) is 53.5 Å². The molecule has 1 aliphatic carbocycles. The minimum absolute atomic E-state index is 0.171. The summed E-state index contributed by atoms with van der Waals surface area (Å²) in [6.07, 6.45) is 5.86. The third kappa shape index (κ3) is 5.58. The van der Waals surface area contributed by atoms with E-state index in [1.54, 1.807) is 12.1 Å². The molecule has 5 nitrogen and oxygen atoms in total. The molecule has 1 aliphatic heterocycles. The highest BCUT2D eigenvalue weighted by Gasteiger charge is 2.39. The Kier molecular flexibility index (Phi) is 6.39. The van der Waals surface area contributed by atoms with Crippen LogP contribution in [0.15, 0.2) is 65.1 Å². The first-order valence-corrected chi connectivity index (χ1v) is 12.3. The SMILES string of the molecule is CC(=Cc1ccccc1)[C@@H]1C[C@H]1NC1CCN(Cc2ccc(S(N)(=O)=O)cc2)CC1. The van der Waals surface area contributed by atoms with Crippen molar-refractivity contribution in [2.24, 2.45) is 11.1 Å². The Morgan fingerprint density at radius 3 is 2.40 bits per heavy atom. The summed E-state index contributed by atoms with van der Waals surface area (Å²) in [7, 11) is -3.62. The standard InChI is InChI=1S/C24H31N3O2S/c1-18(15-19-5-3-2-4-6-19)23-16-24(23)26-21-11-13-27(14-12-21)17-20-7-9-22(10-8-20)30(25,28)29/h2-10,15,21,23-24,26H,11-14,16-17H2,1H3,(H2,25,28,29)/t23-,24+/m0/s1. The number of rotatable bonds is 7. The molecule has 0 aromatic heterocycles. The minimum atomic E-state index is -3.62. The van der Waals surface area contributed by atoms with Gasteiger partial charge in [0.25, 0.3) is 0 Å². The van der Waals surface area contributed by atoms with Crippen molar-refractivity contribution in [3.8, 4) is 0 Å². The highest BCUT2D eigenvalue weighted by molar-refractivity contribution is 7.89. The quantitative estimate of drug-likeness (QED) is 0.713. The Morgan fingerprint density at radius 2 is 1.77 bits per heavy atom. The van der Waals surface area contributed by atoms with Crippen LogP contribution in [-0.2, 0) is 16.6 Å². The Hall–Kier alpha value is -1.99. The van der Waals surface area contributed by atoms with Gasteiger partial charge in [-0.15, -0.1) is 0 Å². The van der Waals surface area contributed by atoms with Gasteiger partial charge >= 0.3 is 0 Å².